The third-order valence-electron chi connectivity index (χ3n) is 1.35. The fourth-order valence-corrected chi connectivity index (χ4v) is 1.17. The molecule has 9 heavy (non-hydrogen) atoms. The molecule has 3 nitrogen and oxygen atoms in total. The van der Waals surface area contributed by atoms with Gasteiger partial charge in [-0.2, -0.15) is 0 Å². The van der Waals surface area contributed by atoms with E-state index >= 15 is 0 Å². The number of thiol groups is 1. The van der Waals surface area contributed by atoms with E-state index in [-0.39, 0.29) is 11.8 Å². The lowest BCUT2D eigenvalue weighted by Gasteiger charge is -2.00. The van der Waals surface area contributed by atoms with E-state index in [0.717, 1.165) is 6.42 Å². The summed E-state index contributed by atoms with van der Waals surface area (Å²) in [7, 11) is 0. The normalized spacial score (nSPS) is 25.9. The minimum Gasteiger partial charge on any atom is -0.369 e. The van der Waals surface area contributed by atoms with E-state index < -0.39 is 0 Å². The van der Waals surface area contributed by atoms with Gasteiger partial charge in [-0.25, -0.2) is 0 Å². The molecule has 0 saturated carbocycles. The average Bonchev–Trinajstić information content (AvgIpc) is 2.13. The Morgan fingerprint density at radius 1 is 1.89 bits per heavy atom. The number of rotatable bonds is 1. The van der Waals surface area contributed by atoms with Gasteiger partial charge in [0.1, 0.15) is 0 Å². The van der Waals surface area contributed by atoms with Gasteiger partial charge in [0.05, 0.1) is 11.0 Å². The Morgan fingerprint density at radius 3 is 2.78 bits per heavy atom. The zero-order valence-electron chi connectivity index (χ0n) is 4.87. The van der Waals surface area contributed by atoms with Gasteiger partial charge in [0, 0.05) is 6.54 Å². The maximum Gasteiger partial charge on any atom is 0.227 e. The molecular formula is C5H8N2OS. The summed E-state index contributed by atoms with van der Waals surface area (Å²) in [6.45, 7) is 0.687. The van der Waals surface area contributed by atoms with E-state index in [4.69, 9.17) is 5.73 Å². The molecule has 1 unspecified atom stereocenters. The van der Waals surface area contributed by atoms with Crippen molar-refractivity contribution in [3.63, 3.8) is 0 Å². The molecule has 0 fully saturated rings. The third kappa shape index (κ3) is 1.24. The lowest BCUT2D eigenvalue weighted by Crippen LogP contribution is -2.25. The van der Waals surface area contributed by atoms with Crippen LogP contribution in [0.2, 0.25) is 0 Å². The largest absolute Gasteiger partial charge is 0.369 e. The Labute approximate surface area is 58.7 Å². The average molecular weight is 144 g/mol. The lowest BCUT2D eigenvalue weighted by atomic mass is 10.1. The predicted molar refractivity (Wildman–Crippen MR) is 38.6 cm³/mol. The van der Waals surface area contributed by atoms with Gasteiger partial charge in [-0.05, 0) is 6.42 Å². The molecule has 2 N–H and O–H groups in total. The summed E-state index contributed by atoms with van der Waals surface area (Å²) in [5.41, 5.74) is 5.02. The highest BCUT2D eigenvalue weighted by Gasteiger charge is 2.22. The molecule has 1 rings (SSSR count). The van der Waals surface area contributed by atoms with Crippen molar-refractivity contribution in [3.05, 3.63) is 0 Å². The molecule has 1 heterocycles. The number of aliphatic imine (C=N–C) groups is 1. The Morgan fingerprint density at radius 2 is 2.56 bits per heavy atom. The van der Waals surface area contributed by atoms with Crippen molar-refractivity contribution < 1.29 is 4.79 Å². The van der Waals surface area contributed by atoms with Crippen LogP contribution in [0.3, 0.4) is 0 Å². The van der Waals surface area contributed by atoms with Crippen molar-refractivity contribution in [3.8, 4) is 0 Å². The third-order valence-corrected chi connectivity index (χ3v) is 1.80. The summed E-state index contributed by atoms with van der Waals surface area (Å²) in [6, 6.07) is 0. The van der Waals surface area contributed by atoms with E-state index in [1.807, 2.05) is 0 Å². The summed E-state index contributed by atoms with van der Waals surface area (Å²) >= 11 is 3.98. The van der Waals surface area contributed by atoms with Crippen LogP contribution in [0.5, 0.6) is 0 Å². The molecule has 1 amide bonds. The Hall–Kier alpha value is -0.510. The molecule has 50 valence electrons. The standard InChI is InChI=1S/C5H8N2OS/c6-4(8)3-1-2-7-5(3)9/h3H,1-2H2,(H2,6,8)(H,7,9). The summed E-state index contributed by atoms with van der Waals surface area (Å²) in [6.07, 6.45) is 0.730. The second-order valence-corrected chi connectivity index (χ2v) is 2.44. The summed E-state index contributed by atoms with van der Waals surface area (Å²) in [5, 5.41) is 0.586. The van der Waals surface area contributed by atoms with Crippen LogP contribution >= 0.6 is 12.6 Å². The quantitative estimate of drug-likeness (QED) is 0.493. The van der Waals surface area contributed by atoms with Crippen molar-refractivity contribution in [1.29, 1.82) is 0 Å². The zero-order valence-corrected chi connectivity index (χ0v) is 5.77. The summed E-state index contributed by atoms with van der Waals surface area (Å²) in [4.78, 5) is 14.4. The maximum atomic E-state index is 10.5. The molecule has 0 radical (unpaired) electrons. The highest BCUT2D eigenvalue weighted by atomic mass is 32.1. The molecule has 0 aromatic carbocycles. The highest BCUT2D eigenvalue weighted by molar-refractivity contribution is 7.97. The molecule has 0 aliphatic carbocycles. The molecule has 4 heteroatoms. The topological polar surface area (TPSA) is 55.5 Å². The molecule has 1 atom stereocenters. The minimum atomic E-state index is -0.318. The van der Waals surface area contributed by atoms with Gasteiger partial charge in [0.15, 0.2) is 0 Å². The second kappa shape index (κ2) is 2.39. The highest BCUT2D eigenvalue weighted by Crippen LogP contribution is 2.15. The van der Waals surface area contributed by atoms with Crippen molar-refractivity contribution >= 4 is 23.6 Å². The van der Waals surface area contributed by atoms with Gasteiger partial charge in [-0.3, -0.25) is 9.79 Å². The Kier molecular flexibility index (Phi) is 1.75. The van der Waals surface area contributed by atoms with Gasteiger partial charge in [-0.15, -0.1) is 12.6 Å². The lowest BCUT2D eigenvalue weighted by molar-refractivity contribution is -0.119. The van der Waals surface area contributed by atoms with Gasteiger partial charge in [0.2, 0.25) is 5.91 Å². The number of amides is 1. The Bertz CT molecular complexity index is 166. The first kappa shape index (κ1) is 6.61. The molecule has 1 aliphatic rings. The number of hydrogen-bond donors (Lipinski definition) is 2. The number of carbonyl (C=O) groups excluding carboxylic acids is 1. The zero-order chi connectivity index (χ0) is 6.85. The van der Waals surface area contributed by atoms with Crippen LogP contribution in [0.15, 0.2) is 4.99 Å². The summed E-state index contributed by atoms with van der Waals surface area (Å²) in [5.74, 6) is -0.533. The molecule has 0 spiro atoms. The summed E-state index contributed by atoms with van der Waals surface area (Å²) < 4.78 is 0. The van der Waals surface area contributed by atoms with E-state index in [0.29, 0.717) is 11.6 Å². The molecule has 0 saturated heterocycles. The van der Waals surface area contributed by atoms with Crippen LogP contribution in [-0.2, 0) is 4.79 Å². The fraction of sp³-hybridized carbons (Fsp3) is 0.600. The van der Waals surface area contributed by atoms with Crippen LogP contribution < -0.4 is 5.73 Å². The van der Waals surface area contributed by atoms with Crippen LogP contribution in [0, 0.1) is 5.92 Å². The van der Waals surface area contributed by atoms with Crippen molar-refractivity contribution in [1.82, 2.24) is 0 Å². The monoisotopic (exact) mass is 144 g/mol. The van der Waals surface area contributed by atoms with Gasteiger partial charge >= 0.3 is 0 Å². The first-order chi connectivity index (χ1) is 4.22. The molecule has 0 aromatic heterocycles. The van der Waals surface area contributed by atoms with Crippen molar-refractivity contribution in [2.75, 3.05) is 6.54 Å². The van der Waals surface area contributed by atoms with Crippen LogP contribution in [-0.4, -0.2) is 17.5 Å². The van der Waals surface area contributed by atoms with E-state index in [9.17, 15) is 4.79 Å². The smallest absolute Gasteiger partial charge is 0.227 e. The second-order valence-electron chi connectivity index (χ2n) is 1.98. The SMILES string of the molecule is NC(=O)C1CCN=C1S. The van der Waals surface area contributed by atoms with E-state index in [2.05, 4.69) is 17.6 Å². The number of nitrogens with zero attached hydrogens (tertiary/aromatic N) is 1. The van der Waals surface area contributed by atoms with Crippen LogP contribution in [0.1, 0.15) is 6.42 Å². The number of primary amides is 1. The molecular weight excluding hydrogens is 136 g/mol. The first-order valence-electron chi connectivity index (χ1n) is 2.74. The number of hydrogen-bond acceptors (Lipinski definition) is 2. The predicted octanol–water partition coefficient (Wildman–Crippen LogP) is -0.180. The van der Waals surface area contributed by atoms with E-state index in [1.165, 1.54) is 0 Å². The number of nitrogens with two attached hydrogens (primary N) is 1. The van der Waals surface area contributed by atoms with Crippen LogP contribution in [0.25, 0.3) is 0 Å². The van der Waals surface area contributed by atoms with Gasteiger partial charge in [-0.1, -0.05) is 0 Å². The maximum absolute atomic E-state index is 10.5. The van der Waals surface area contributed by atoms with Crippen LogP contribution in [0.4, 0.5) is 0 Å². The molecule has 1 aliphatic heterocycles. The van der Waals surface area contributed by atoms with Gasteiger partial charge in [0.25, 0.3) is 0 Å². The van der Waals surface area contributed by atoms with E-state index in [1.54, 1.807) is 0 Å². The molecule has 0 bridgehead atoms. The van der Waals surface area contributed by atoms with Crippen molar-refractivity contribution in [2.45, 2.75) is 6.42 Å². The fourth-order valence-electron chi connectivity index (χ4n) is 0.817. The Balaban J connectivity index is 2.63. The molecule has 0 aromatic rings. The number of carbonyl (C=O) groups is 1. The van der Waals surface area contributed by atoms with Gasteiger partial charge < -0.3 is 5.73 Å². The van der Waals surface area contributed by atoms with Crippen molar-refractivity contribution in [2.24, 2.45) is 16.6 Å². The first-order valence-corrected chi connectivity index (χ1v) is 3.19. The minimum absolute atomic E-state index is 0.215.